The number of rotatable bonds is 20. The van der Waals surface area contributed by atoms with Crippen LogP contribution in [0.25, 0.3) is 0 Å². The van der Waals surface area contributed by atoms with Gasteiger partial charge in [0.15, 0.2) is 11.5 Å². The Balaban J connectivity index is 0.000000420. The van der Waals surface area contributed by atoms with Gasteiger partial charge in [0.2, 0.25) is 5.91 Å². The van der Waals surface area contributed by atoms with Gasteiger partial charge in [-0.3, -0.25) is 4.79 Å². The molecule has 8 nitrogen and oxygen atoms in total. The predicted molar refractivity (Wildman–Crippen MR) is 169 cm³/mol. The van der Waals surface area contributed by atoms with E-state index >= 15 is 0 Å². The first-order chi connectivity index (χ1) is 20.4. The van der Waals surface area contributed by atoms with Gasteiger partial charge in [-0.25, -0.2) is 4.79 Å². The van der Waals surface area contributed by atoms with Crippen molar-refractivity contribution in [1.29, 1.82) is 0 Å². The Labute approximate surface area is 253 Å². The van der Waals surface area contributed by atoms with Gasteiger partial charge in [0.25, 0.3) is 0 Å². The second-order valence-corrected chi connectivity index (χ2v) is 10.2. The van der Waals surface area contributed by atoms with Crippen molar-refractivity contribution in [3.05, 3.63) is 53.6 Å². The molecule has 0 unspecified atom stereocenters. The van der Waals surface area contributed by atoms with Gasteiger partial charge >= 0.3 is 5.97 Å². The van der Waals surface area contributed by atoms with E-state index in [2.05, 4.69) is 37.9 Å². The van der Waals surface area contributed by atoms with E-state index in [1.807, 2.05) is 12.1 Å². The molecular weight excluding hydrogens is 532 g/mol. The van der Waals surface area contributed by atoms with Crippen LogP contribution in [-0.4, -0.2) is 61.8 Å². The third-order valence-corrected chi connectivity index (χ3v) is 6.88. The van der Waals surface area contributed by atoms with Gasteiger partial charge in [0.1, 0.15) is 12.4 Å². The molecule has 0 atom stereocenters. The van der Waals surface area contributed by atoms with Crippen molar-refractivity contribution in [1.82, 2.24) is 10.2 Å². The average Bonchev–Trinajstić information content (AvgIpc) is 3.01. The molecule has 1 amide bonds. The number of amides is 1. The molecule has 0 fully saturated rings. The van der Waals surface area contributed by atoms with Crippen molar-refractivity contribution in [3.8, 4) is 17.2 Å². The van der Waals surface area contributed by atoms with Crippen LogP contribution in [0.2, 0.25) is 0 Å². The minimum absolute atomic E-state index is 0.0810. The lowest BCUT2D eigenvalue weighted by Crippen LogP contribution is -2.27. The molecule has 2 aromatic rings. The number of unbranched alkanes of at least 4 members (excludes halogenated alkanes) is 6. The number of hydrogen-bond donors (Lipinski definition) is 2. The Hall–Kier alpha value is -3.26. The van der Waals surface area contributed by atoms with E-state index in [0.29, 0.717) is 37.5 Å². The normalized spacial score (nSPS) is 10.5. The topological polar surface area (TPSA) is 97.3 Å². The number of carbonyl (C=O) groups is 2. The summed E-state index contributed by atoms with van der Waals surface area (Å²) in [5, 5.41) is 12.4. The molecule has 0 bridgehead atoms. The van der Waals surface area contributed by atoms with Gasteiger partial charge in [-0.2, -0.15) is 0 Å². The molecule has 0 heterocycles. The van der Waals surface area contributed by atoms with Crippen LogP contribution in [0.3, 0.4) is 0 Å². The number of phenols is 1. The molecule has 0 saturated heterocycles. The third-order valence-electron chi connectivity index (χ3n) is 6.88. The number of nitrogens with one attached hydrogen (secondary N) is 1. The summed E-state index contributed by atoms with van der Waals surface area (Å²) in [7, 11) is 1.51. The van der Waals surface area contributed by atoms with E-state index < -0.39 is 0 Å². The summed E-state index contributed by atoms with van der Waals surface area (Å²) >= 11 is 0. The highest BCUT2D eigenvalue weighted by Gasteiger charge is 2.08. The van der Waals surface area contributed by atoms with Crippen LogP contribution >= 0.6 is 0 Å². The molecule has 0 aliphatic rings. The van der Waals surface area contributed by atoms with Crippen molar-refractivity contribution in [2.24, 2.45) is 0 Å². The summed E-state index contributed by atoms with van der Waals surface area (Å²) < 4.78 is 15.9. The lowest BCUT2D eigenvalue weighted by Gasteiger charge is -2.17. The Morgan fingerprint density at radius 1 is 0.833 bits per heavy atom. The Kier molecular flexibility index (Phi) is 20.4. The predicted octanol–water partition coefficient (Wildman–Crippen LogP) is 7.13. The number of ether oxygens (including phenoxy) is 3. The van der Waals surface area contributed by atoms with E-state index in [1.54, 1.807) is 30.3 Å². The van der Waals surface area contributed by atoms with Gasteiger partial charge in [-0.1, -0.05) is 72.3 Å². The summed E-state index contributed by atoms with van der Waals surface area (Å²) in [6.45, 7) is 12.8. The van der Waals surface area contributed by atoms with E-state index in [9.17, 15) is 14.7 Å². The lowest BCUT2D eigenvalue weighted by atomic mass is 10.1. The summed E-state index contributed by atoms with van der Waals surface area (Å²) in [4.78, 5) is 25.8. The number of aromatic hydroxyl groups is 1. The van der Waals surface area contributed by atoms with Crippen LogP contribution in [0.4, 0.5) is 0 Å². The molecule has 0 aromatic heterocycles. The number of esters is 1. The highest BCUT2D eigenvalue weighted by Crippen LogP contribution is 2.26. The molecule has 0 saturated carbocycles. The zero-order chi connectivity index (χ0) is 31.0. The van der Waals surface area contributed by atoms with Gasteiger partial charge in [-0.15, -0.1) is 0 Å². The number of nitrogens with zero attached hydrogens (tertiary/aromatic N) is 1. The Bertz CT molecular complexity index is 992. The second-order valence-electron chi connectivity index (χ2n) is 10.2. The van der Waals surface area contributed by atoms with Crippen molar-refractivity contribution in [3.63, 3.8) is 0 Å². The number of hydrogen-bond acceptors (Lipinski definition) is 7. The minimum atomic E-state index is -0.276. The highest BCUT2D eigenvalue weighted by atomic mass is 16.5. The molecule has 2 rings (SSSR count). The average molecular weight is 587 g/mol. The quantitative estimate of drug-likeness (QED) is 0.126. The monoisotopic (exact) mass is 586 g/mol. The van der Waals surface area contributed by atoms with Gasteiger partial charge in [0, 0.05) is 19.5 Å². The fourth-order valence-corrected chi connectivity index (χ4v) is 4.10. The fraction of sp³-hybridized carbons (Fsp3) is 0.588. The van der Waals surface area contributed by atoms with Crippen LogP contribution in [0, 0.1) is 0 Å². The summed E-state index contributed by atoms with van der Waals surface area (Å²) in [6, 6.07) is 12.2. The molecule has 2 N–H and O–H groups in total. The van der Waals surface area contributed by atoms with Crippen molar-refractivity contribution < 1.29 is 28.9 Å². The van der Waals surface area contributed by atoms with E-state index in [0.717, 1.165) is 56.6 Å². The smallest absolute Gasteiger partial charge is 0.338 e. The molecular formula is C34H54N2O6. The number of phenolic OH excluding ortho intramolecular Hbond substituents is 1. The minimum Gasteiger partial charge on any atom is -0.504 e. The first kappa shape index (κ1) is 36.8. The highest BCUT2D eigenvalue weighted by molar-refractivity contribution is 5.89. The maximum Gasteiger partial charge on any atom is 0.338 e. The van der Waals surface area contributed by atoms with E-state index in [4.69, 9.17) is 14.2 Å². The van der Waals surface area contributed by atoms with Gasteiger partial charge in [0.05, 0.1) is 19.3 Å². The SMILES string of the molecule is CCCCCCCCC(=O)NCc1ccc(O)c(OC)c1.CCCCOc1ccc(C(=O)OCCN(CC)CC)cc1. The molecule has 2 aromatic carbocycles. The zero-order valence-electron chi connectivity index (χ0n) is 26.6. The van der Waals surface area contributed by atoms with Crippen LogP contribution in [0.1, 0.15) is 101 Å². The molecule has 0 aliphatic heterocycles. The Morgan fingerprint density at radius 3 is 2.14 bits per heavy atom. The fourth-order valence-electron chi connectivity index (χ4n) is 4.10. The lowest BCUT2D eigenvalue weighted by molar-refractivity contribution is -0.121. The molecule has 8 heteroatoms. The first-order valence-electron chi connectivity index (χ1n) is 15.6. The molecule has 0 spiro atoms. The largest absolute Gasteiger partial charge is 0.504 e. The number of methoxy groups -OCH3 is 1. The third kappa shape index (κ3) is 16.2. The molecule has 0 radical (unpaired) electrons. The van der Waals surface area contributed by atoms with E-state index in [1.165, 1.54) is 32.8 Å². The summed E-state index contributed by atoms with van der Waals surface area (Å²) in [5.41, 5.74) is 1.48. The molecule has 236 valence electrons. The van der Waals surface area contributed by atoms with E-state index in [-0.39, 0.29) is 17.6 Å². The Morgan fingerprint density at radius 2 is 1.50 bits per heavy atom. The number of carbonyl (C=O) groups excluding carboxylic acids is 2. The number of benzene rings is 2. The van der Waals surface area contributed by atoms with Crippen LogP contribution in [0.5, 0.6) is 17.2 Å². The van der Waals surface area contributed by atoms with Crippen LogP contribution in [0.15, 0.2) is 42.5 Å². The second kappa shape index (κ2) is 23.3. The maximum atomic E-state index is 11.9. The van der Waals surface area contributed by atoms with Crippen LogP contribution < -0.4 is 14.8 Å². The maximum absolute atomic E-state index is 11.9. The molecule has 42 heavy (non-hydrogen) atoms. The summed E-state index contributed by atoms with van der Waals surface area (Å²) in [6.07, 6.45) is 9.83. The zero-order valence-corrected chi connectivity index (χ0v) is 26.6. The van der Waals surface area contributed by atoms with Gasteiger partial charge in [-0.05, 0) is 67.9 Å². The number of likely N-dealkylation sites (N-methyl/N-ethyl adjacent to an activating group) is 1. The summed E-state index contributed by atoms with van der Waals surface area (Å²) in [5.74, 6) is 1.14. The van der Waals surface area contributed by atoms with Crippen LogP contribution in [-0.2, 0) is 16.1 Å². The van der Waals surface area contributed by atoms with Crippen molar-refractivity contribution in [2.75, 3.05) is 40.0 Å². The van der Waals surface area contributed by atoms with Gasteiger partial charge < -0.3 is 29.5 Å². The standard InChI is InChI=1S/2C17H27NO3/c1-4-7-13-20-16-10-8-15(9-11-16)17(19)21-14-12-18(5-2)6-3;1-3-4-5-6-7-8-9-17(20)18-13-14-10-11-15(19)16(12-14)21-2/h8-11H,4-7,12-14H2,1-3H3;10-12,19H,3-9,13H2,1-2H3,(H,18,20). The first-order valence-corrected chi connectivity index (χ1v) is 15.6. The van der Waals surface area contributed by atoms with Crippen molar-refractivity contribution in [2.45, 2.75) is 92.0 Å². The molecule has 0 aliphatic carbocycles. The van der Waals surface area contributed by atoms with Crippen molar-refractivity contribution >= 4 is 11.9 Å².